The van der Waals surface area contributed by atoms with Gasteiger partial charge in [-0.15, -0.1) is 0 Å². The van der Waals surface area contributed by atoms with Crippen LogP contribution in [0.3, 0.4) is 0 Å². The summed E-state index contributed by atoms with van der Waals surface area (Å²) in [5.41, 5.74) is 4.71. The largest absolute Gasteiger partial charge is 0.481 e. The molecule has 2 aliphatic rings. The van der Waals surface area contributed by atoms with E-state index in [1.54, 1.807) is 0 Å². The maximum Gasteiger partial charge on any atom is 0.303 e. The summed E-state index contributed by atoms with van der Waals surface area (Å²) < 4.78 is 11.9. The number of hydrogen-bond acceptors (Lipinski definition) is 5. The Bertz CT molecular complexity index is 1020. The lowest BCUT2D eigenvalue weighted by Crippen LogP contribution is -2.49. The van der Waals surface area contributed by atoms with Gasteiger partial charge in [-0.25, -0.2) is 0 Å². The van der Waals surface area contributed by atoms with Gasteiger partial charge < -0.3 is 14.6 Å². The Labute approximate surface area is 213 Å². The van der Waals surface area contributed by atoms with Gasteiger partial charge in [0.05, 0.1) is 32.0 Å². The first-order valence-corrected chi connectivity index (χ1v) is 13.0. The molecule has 1 aliphatic carbocycles. The highest BCUT2D eigenvalue weighted by molar-refractivity contribution is 5.87. The van der Waals surface area contributed by atoms with Crippen LogP contribution in [0.4, 0.5) is 0 Å². The maximum absolute atomic E-state index is 13.1. The highest BCUT2D eigenvalue weighted by Gasteiger charge is 2.45. The van der Waals surface area contributed by atoms with Gasteiger partial charge >= 0.3 is 5.97 Å². The molecule has 192 valence electrons. The summed E-state index contributed by atoms with van der Waals surface area (Å²) >= 11 is 0. The van der Waals surface area contributed by atoms with Gasteiger partial charge in [-0.05, 0) is 42.9 Å². The fourth-order valence-corrected chi connectivity index (χ4v) is 5.24. The SMILES string of the molecule is Cc1ccc(-c2ccc(CO[C@H]3CC(=O)[C@H](N4CCOCC4)[C@H]3CC/C=C\CCC(=O)O)cc2)cc1. The molecule has 0 aromatic heterocycles. The molecule has 0 unspecified atom stereocenters. The van der Waals surface area contributed by atoms with Crippen molar-refractivity contribution in [2.24, 2.45) is 5.92 Å². The molecule has 2 aromatic carbocycles. The molecule has 0 radical (unpaired) electrons. The van der Waals surface area contributed by atoms with Crippen molar-refractivity contribution in [3.63, 3.8) is 0 Å². The number of ether oxygens (including phenoxy) is 2. The van der Waals surface area contributed by atoms with Crippen LogP contribution in [0, 0.1) is 12.8 Å². The van der Waals surface area contributed by atoms with Crippen LogP contribution < -0.4 is 0 Å². The number of aliphatic carboxylic acids is 1. The number of rotatable bonds is 11. The van der Waals surface area contributed by atoms with E-state index >= 15 is 0 Å². The van der Waals surface area contributed by atoms with Gasteiger partial charge in [0.1, 0.15) is 0 Å². The molecular formula is C30H37NO5. The fourth-order valence-electron chi connectivity index (χ4n) is 5.24. The molecule has 1 N–H and O–H groups in total. The van der Waals surface area contributed by atoms with E-state index in [9.17, 15) is 9.59 Å². The van der Waals surface area contributed by atoms with Gasteiger partial charge in [-0.3, -0.25) is 14.5 Å². The van der Waals surface area contributed by atoms with E-state index in [2.05, 4.69) is 60.4 Å². The number of carbonyl (C=O) groups is 2. The molecule has 36 heavy (non-hydrogen) atoms. The first-order chi connectivity index (χ1) is 17.5. The van der Waals surface area contributed by atoms with E-state index in [0.717, 1.165) is 31.5 Å². The number of hydrogen-bond donors (Lipinski definition) is 1. The van der Waals surface area contributed by atoms with Gasteiger partial charge in [0.25, 0.3) is 0 Å². The summed E-state index contributed by atoms with van der Waals surface area (Å²) in [7, 11) is 0. The van der Waals surface area contributed by atoms with Crippen molar-refractivity contribution in [3.05, 3.63) is 71.8 Å². The van der Waals surface area contributed by atoms with Crippen molar-refractivity contribution < 1.29 is 24.2 Å². The van der Waals surface area contributed by atoms with Crippen LogP contribution in [0.5, 0.6) is 0 Å². The minimum absolute atomic E-state index is 0.116. The van der Waals surface area contributed by atoms with Crippen LogP contribution in [0.1, 0.15) is 43.2 Å². The van der Waals surface area contributed by atoms with Crippen LogP contribution in [0.25, 0.3) is 11.1 Å². The number of carboxylic acids is 1. The first kappa shape index (κ1) is 26.3. The van der Waals surface area contributed by atoms with E-state index in [1.165, 1.54) is 16.7 Å². The average Bonchev–Trinajstić information content (AvgIpc) is 3.20. The number of ketones is 1. The number of allylic oxidation sites excluding steroid dienone is 2. The van der Waals surface area contributed by atoms with Crippen molar-refractivity contribution >= 4 is 11.8 Å². The van der Waals surface area contributed by atoms with Crippen LogP contribution >= 0.6 is 0 Å². The minimum Gasteiger partial charge on any atom is -0.481 e. The summed E-state index contributed by atoms with van der Waals surface area (Å²) in [5.74, 6) is -0.406. The minimum atomic E-state index is -0.784. The molecule has 0 amide bonds. The molecule has 1 aliphatic heterocycles. The van der Waals surface area contributed by atoms with Crippen molar-refractivity contribution in [1.82, 2.24) is 4.90 Å². The molecule has 6 nitrogen and oxygen atoms in total. The fraction of sp³-hybridized carbons (Fsp3) is 0.467. The lowest BCUT2D eigenvalue weighted by molar-refractivity contribution is -0.136. The Kier molecular flexibility index (Phi) is 9.45. The van der Waals surface area contributed by atoms with Crippen molar-refractivity contribution in [2.75, 3.05) is 26.3 Å². The zero-order chi connectivity index (χ0) is 25.3. The van der Waals surface area contributed by atoms with E-state index < -0.39 is 5.97 Å². The van der Waals surface area contributed by atoms with E-state index in [1.807, 2.05) is 12.2 Å². The second-order valence-electron chi connectivity index (χ2n) is 9.82. The lowest BCUT2D eigenvalue weighted by Gasteiger charge is -2.35. The molecule has 1 heterocycles. The normalized spacial score (nSPS) is 22.9. The maximum atomic E-state index is 13.1. The summed E-state index contributed by atoms with van der Waals surface area (Å²) in [6, 6.07) is 16.8. The van der Waals surface area contributed by atoms with E-state index in [-0.39, 0.29) is 30.3 Å². The lowest BCUT2D eigenvalue weighted by atomic mass is 9.93. The molecular weight excluding hydrogens is 454 g/mol. The summed E-state index contributed by atoms with van der Waals surface area (Å²) in [6.45, 7) is 5.43. The molecule has 6 heteroatoms. The summed E-state index contributed by atoms with van der Waals surface area (Å²) in [4.78, 5) is 26.1. The number of morpholine rings is 1. The highest BCUT2D eigenvalue weighted by atomic mass is 16.5. The van der Waals surface area contributed by atoms with Crippen LogP contribution in [0.15, 0.2) is 60.7 Å². The predicted molar refractivity (Wildman–Crippen MR) is 140 cm³/mol. The molecule has 3 atom stereocenters. The highest BCUT2D eigenvalue weighted by Crippen LogP contribution is 2.35. The van der Waals surface area contributed by atoms with E-state index in [4.69, 9.17) is 14.6 Å². The summed E-state index contributed by atoms with van der Waals surface area (Å²) in [5, 5.41) is 8.82. The number of aryl methyl sites for hydroxylation is 1. The zero-order valence-electron chi connectivity index (χ0n) is 21.1. The molecule has 4 rings (SSSR count). The van der Waals surface area contributed by atoms with Crippen LogP contribution in [-0.2, 0) is 25.7 Å². The predicted octanol–water partition coefficient (Wildman–Crippen LogP) is 5.04. The molecule has 2 aromatic rings. The van der Waals surface area contributed by atoms with Gasteiger partial charge in [-0.1, -0.05) is 66.2 Å². The van der Waals surface area contributed by atoms with Gasteiger partial charge in [0.2, 0.25) is 0 Å². The number of Topliss-reactive ketones (excluding diaryl/α,β-unsaturated/α-hetero) is 1. The first-order valence-electron chi connectivity index (χ1n) is 13.0. The number of nitrogens with zero attached hydrogens (tertiary/aromatic N) is 1. The average molecular weight is 492 g/mol. The molecule has 2 fully saturated rings. The monoisotopic (exact) mass is 491 g/mol. The second-order valence-corrected chi connectivity index (χ2v) is 9.82. The van der Waals surface area contributed by atoms with Crippen molar-refractivity contribution in [2.45, 2.75) is 57.8 Å². The Morgan fingerprint density at radius 1 is 1.03 bits per heavy atom. The standard InChI is InChI=1S/C30H37NO5/c1-22-8-12-24(13-9-22)25-14-10-23(11-15-25)21-36-28-20-27(32)30(31-16-18-35-19-17-31)26(28)6-4-2-3-5-7-29(33)34/h2-3,8-15,26,28,30H,4-7,16-21H2,1H3,(H,33,34)/b3-2-/t26-,28-,30+/m0/s1. The molecule has 0 bridgehead atoms. The third-order valence-electron chi connectivity index (χ3n) is 7.22. The van der Waals surface area contributed by atoms with Gasteiger partial charge in [0, 0.05) is 31.8 Å². The van der Waals surface area contributed by atoms with Crippen molar-refractivity contribution in [3.8, 4) is 11.1 Å². The van der Waals surface area contributed by atoms with E-state index in [0.29, 0.717) is 32.7 Å². The Morgan fingerprint density at radius 2 is 1.67 bits per heavy atom. The van der Waals surface area contributed by atoms with Crippen molar-refractivity contribution in [1.29, 1.82) is 0 Å². The topological polar surface area (TPSA) is 76.1 Å². The van der Waals surface area contributed by atoms with Gasteiger partial charge in [0.15, 0.2) is 5.78 Å². The molecule has 1 saturated heterocycles. The third-order valence-corrected chi connectivity index (χ3v) is 7.22. The Morgan fingerprint density at radius 3 is 2.33 bits per heavy atom. The number of carboxylic acid groups (broad SMARTS) is 1. The summed E-state index contributed by atoms with van der Waals surface area (Å²) in [6.07, 6.45) is 6.63. The van der Waals surface area contributed by atoms with Gasteiger partial charge in [-0.2, -0.15) is 0 Å². The quantitative estimate of drug-likeness (QED) is 0.444. The Balaban J connectivity index is 1.38. The second kappa shape index (κ2) is 12.9. The molecule has 1 saturated carbocycles. The third kappa shape index (κ3) is 7.12. The number of benzene rings is 2. The Hall–Kier alpha value is -2.80. The number of carbonyl (C=O) groups excluding carboxylic acids is 1. The van der Waals surface area contributed by atoms with Crippen LogP contribution in [-0.4, -0.2) is 60.2 Å². The zero-order valence-corrected chi connectivity index (χ0v) is 21.1. The smallest absolute Gasteiger partial charge is 0.303 e. The van der Waals surface area contributed by atoms with Crippen LogP contribution in [0.2, 0.25) is 0 Å². The molecule has 0 spiro atoms.